The number of nitrogens with zero attached hydrogens (tertiary/aromatic N) is 2. The van der Waals surface area contributed by atoms with Crippen LogP contribution in [-0.2, 0) is 4.79 Å². The minimum atomic E-state index is 0.00476. The zero-order chi connectivity index (χ0) is 21.1. The van der Waals surface area contributed by atoms with E-state index < -0.39 is 0 Å². The third-order valence-corrected chi connectivity index (χ3v) is 6.45. The molecule has 2 atom stereocenters. The maximum absolute atomic E-state index is 13.0. The maximum atomic E-state index is 13.0. The Kier molecular flexibility index (Phi) is 6.40. The molecule has 2 saturated heterocycles. The molecular weight excluding hydrogens is 398 g/mol. The van der Waals surface area contributed by atoms with Gasteiger partial charge in [-0.1, -0.05) is 29.3 Å². The van der Waals surface area contributed by atoms with Crippen molar-refractivity contribution < 1.29 is 9.59 Å². The number of hydrogen-bond donors (Lipinski definition) is 1. The SMILES string of the molecule is Cc1cccc(C(=O)N2CC3CCCN(CCC(=O)Nc4ccc(Cl)cc4)C3C2)c1. The highest BCUT2D eigenvalue weighted by atomic mass is 35.5. The zero-order valence-corrected chi connectivity index (χ0v) is 18.1. The molecule has 0 radical (unpaired) electrons. The highest BCUT2D eigenvalue weighted by Gasteiger charge is 2.40. The van der Waals surface area contributed by atoms with Gasteiger partial charge in [0.1, 0.15) is 0 Å². The summed E-state index contributed by atoms with van der Waals surface area (Å²) in [7, 11) is 0. The minimum absolute atomic E-state index is 0.00476. The fourth-order valence-electron chi connectivity index (χ4n) is 4.68. The Morgan fingerprint density at radius 3 is 2.70 bits per heavy atom. The Balaban J connectivity index is 1.33. The van der Waals surface area contributed by atoms with E-state index in [-0.39, 0.29) is 11.8 Å². The lowest BCUT2D eigenvalue weighted by molar-refractivity contribution is -0.116. The predicted molar refractivity (Wildman–Crippen MR) is 120 cm³/mol. The van der Waals surface area contributed by atoms with Crippen LogP contribution in [0.25, 0.3) is 0 Å². The van der Waals surface area contributed by atoms with Gasteiger partial charge in [-0.2, -0.15) is 0 Å². The number of anilines is 1. The number of aryl methyl sites for hydroxylation is 1. The number of hydrogen-bond acceptors (Lipinski definition) is 3. The Hall–Kier alpha value is -2.37. The number of halogens is 1. The first-order valence-corrected chi connectivity index (χ1v) is 11.0. The molecule has 158 valence electrons. The first-order valence-electron chi connectivity index (χ1n) is 10.6. The lowest BCUT2D eigenvalue weighted by Gasteiger charge is -2.36. The van der Waals surface area contributed by atoms with Gasteiger partial charge in [0.2, 0.25) is 5.91 Å². The van der Waals surface area contributed by atoms with Crippen molar-refractivity contribution in [1.29, 1.82) is 0 Å². The Labute approximate surface area is 183 Å². The molecule has 0 bridgehead atoms. The Morgan fingerprint density at radius 2 is 1.93 bits per heavy atom. The van der Waals surface area contributed by atoms with E-state index in [1.54, 1.807) is 12.1 Å². The van der Waals surface area contributed by atoms with Crippen molar-refractivity contribution in [1.82, 2.24) is 9.80 Å². The third-order valence-electron chi connectivity index (χ3n) is 6.20. The van der Waals surface area contributed by atoms with Crippen molar-refractivity contribution in [2.75, 3.05) is 31.5 Å². The molecule has 0 aliphatic carbocycles. The van der Waals surface area contributed by atoms with Gasteiger partial charge >= 0.3 is 0 Å². The van der Waals surface area contributed by atoms with E-state index in [1.165, 1.54) is 0 Å². The number of amides is 2. The summed E-state index contributed by atoms with van der Waals surface area (Å²) in [6.07, 6.45) is 2.71. The Bertz CT molecular complexity index is 915. The molecule has 2 aliphatic heterocycles. The van der Waals surface area contributed by atoms with Gasteiger partial charge in [-0.25, -0.2) is 0 Å². The van der Waals surface area contributed by atoms with Crippen LogP contribution in [0, 0.1) is 12.8 Å². The maximum Gasteiger partial charge on any atom is 0.253 e. The van der Waals surface area contributed by atoms with Crippen LogP contribution in [0.1, 0.15) is 35.2 Å². The highest BCUT2D eigenvalue weighted by molar-refractivity contribution is 6.30. The third kappa shape index (κ3) is 4.85. The fraction of sp³-hybridized carbons (Fsp3) is 0.417. The van der Waals surface area contributed by atoms with E-state index >= 15 is 0 Å². The molecule has 2 aliphatic rings. The van der Waals surface area contributed by atoms with Crippen LogP contribution >= 0.6 is 11.6 Å². The van der Waals surface area contributed by atoms with Gasteiger partial charge in [0.05, 0.1) is 0 Å². The molecule has 0 aromatic heterocycles. The number of nitrogens with one attached hydrogen (secondary N) is 1. The van der Waals surface area contributed by atoms with Gasteiger partial charge < -0.3 is 10.2 Å². The van der Waals surface area contributed by atoms with Crippen molar-refractivity contribution >= 4 is 29.1 Å². The van der Waals surface area contributed by atoms with Crippen molar-refractivity contribution in [3.05, 3.63) is 64.7 Å². The van der Waals surface area contributed by atoms with Gasteiger partial charge in [0, 0.05) is 48.4 Å². The smallest absolute Gasteiger partial charge is 0.253 e. The number of likely N-dealkylation sites (tertiary alicyclic amines) is 2. The van der Waals surface area contributed by atoms with E-state index in [9.17, 15) is 9.59 Å². The van der Waals surface area contributed by atoms with E-state index in [0.29, 0.717) is 29.9 Å². The fourth-order valence-corrected chi connectivity index (χ4v) is 4.81. The molecule has 2 unspecified atom stereocenters. The summed E-state index contributed by atoms with van der Waals surface area (Å²) in [5.74, 6) is 0.616. The lowest BCUT2D eigenvalue weighted by atomic mass is 9.92. The largest absolute Gasteiger partial charge is 0.337 e. The molecule has 2 heterocycles. The van der Waals surface area contributed by atoms with Gasteiger partial charge in [-0.15, -0.1) is 0 Å². The van der Waals surface area contributed by atoms with Gasteiger partial charge in [-0.3, -0.25) is 14.5 Å². The molecule has 30 heavy (non-hydrogen) atoms. The normalized spacial score (nSPS) is 21.3. The molecule has 2 amide bonds. The zero-order valence-electron chi connectivity index (χ0n) is 17.3. The highest BCUT2D eigenvalue weighted by Crippen LogP contribution is 2.31. The van der Waals surface area contributed by atoms with Crippen LogP contribution in [0.5, 0.6) is 0 Å². The van der Waals surface area contributed by atoms with Crippen LogP contribution in [0.15, 0.2) is 48.5 Å². The van der Waals surface area contributed by atoms with Gasteiger partial charge in [-0.05, 0) is 68.6 Å². The second-order valence-electron chi connectivity index (χ2n) is 8.39. The summed E-state index contributed by atoms with van der Waals surface area (Å²) < 4.78 is 0. The molecule has 2 fully saturated rings. The average Bonchev–Trinajstić information content (AvgIpc) is 3.18. The van der Waals surface area contributed by atoms with Crippen molar-refractivity contribution in [3.8, 4) is 0 Å². The molecule has 6 heteroatoms. The summed E-state index contributed by atoms with van der Waals surface area (Å²) in [6.45, 7) is 5.27. The standard InChI is InChI=1S/C24H28ClN3O2/c1-17-4-2-5-18(14-17)24(30)28-15-19-6-3-12-27(22(19)16-28)13-11-23(29)26-21-9-7-20(25)8-10-21/h2,4-5,7-10,14,19,22H,3,6,11-13,15-16H2,1H3,(H,26,29). The number of carbonyl (C=O) groups excluding carboxylic acids is 2. The van der Waals surface area contributed by atoms with E-state index in [0.717, 1.165) is 49.3 Å². The first-order chi connectivity index (χ1) is 14.5. The number of carbonyl (C=O) groups is 2. The molecule has 5 nitrogen and oxygen atoms in total. The quantitative estimate of drug-likeness (QED) is 0.780. The van der Waals surface area contributed by atoms with E-state index in [2.05, 4.69) is 10.2 Å². The summed E-state index contributed by atoms with van der Waals surface area (Å²) >= 11 is 5.90. The summed E-state index contributed by atoms with van der Waals surface area (Å²) in [4.78, 5) is 29.8. The molecule has 2 aromatic rings. The van der Waals surface area contributed by atoms with Crippen LogP contribution in [0.4, 0.5) is 5.69 Å². The van der Waals surface area contributed by atoms with Crippen molar-refractivity contribution in [2.24, 2.45) is 5.92 Å². The molecule has 0 saturated carbocycles. The monoisotopic (exact) mass is 425 g/mol. The van der Waals surface area contributed by atoms with Crippen molar-refractivity contribution in [3.63, 3.8) is 0 Å². The van der Waals surface area contributed by atoms with Crippen LogP contribution in [0.3, 0.4) is 0 Å². The lowest BCUT2D eigenvalue weighted by Crippen LogP contribution is -2.46. The number of piperidine rings is 1. The second kappa shape index (κ2) is 9.19. The average molecular weight is 426 g/mol. The van der Waals surface area contributed by atoms with Crippen molar-refractivity contribution in [2.45, 2.75) is 32.2 Å². The Morgan fingerprint density at radius 1 is 1.13 bits per heavy atom. The molecule has 1 N–H and O–H groups in total. The van der Waals surface area contributed by atoms with Gasteiger partial charge in [0.15, 0.2) is 0 Å². The van der Waals surface area contributed by atoms with Gasteiger partial charge in [0.25, 0.3) is 5.91 Å². The number of benzene rings is 2. The topological polar surface area (TPSA) is 52.7 Å². The molecular formula is C24H28ClN3O2. The minimum Gasteiger partial charge on any atom is -0.337 e. The van der Waals surface area contributed by atoms with E-state index in [1.807, 2.05) is 48.2 Å². The number of rotatable bonds is 5. The number of fused-ring (bicyclic) bond motifs is 1. The second-order valence-corrected chi connectivity index (χ2v) is 8.83. The van der Waals surface area contributed by atoms with Crippen LogP contribution in [-0.4, -0.2) is 53.8 Å². The molecule has 2 aromatic carbocycles. The molecule has 4 rings (SSSR count). The summed E-state index contributed by atoms with van der Waals surface area (Å²) in [6, 6.07) is 15.3. The summed E-state index contributed by atoms with van der Waals surface area (Å²) in [5, 5.41) is 3.58. The van der Waals surface area contributed by atoms with Crippen LogP contribution < -0.4 is 5.32 Å². The first kappa shape index (κ1) is 20.9. The molecule has 0 spiro atoms. The predicted octanol–water partition coefficient (Wildman–Crippen LogP) is 4.21. The van der Waals surface area contributed by atoms with Crippen LogP contribution in [0.2, 0.25) is 5.02 Å². The summed E-state index contributed by atoms with van der Waals surface area (Å²) in [5.41, 5.74) is 2.63. The van der Waals surface area contributed by atoms with E-state index in [4.69, 9.17) is 11.6 Å².